The summed E-state index contributed by atoms with van der Waals surface area (Å²) in [6, 6.07) is 10.5. The van der Waals surface area contributed by atoms with E-state index in [2.05, 4.69) is 37.4 Å². The number of amides is 1. The van der Waals surface area contributed by atoms with Crippen LogP contribution in [-0.2, 0) is 40.0 Å². The molecule has 0 unspecified atom stereocenters. The van der Waals surface area contributed by atoms with Crippen LogP contribution in [0.5, 0.6) is 0 Å². The number of sulfonamides is 1. The highest BCUT2D eigenvalue weighted by Crippen LogP contribution is 2.26. The average Bonchev–Trinajstić information content (AvgIpc) is 2.79. The van der Waals surface area contributed by atoms with E-state index in [4.69, 9.17) is 11.6 Å². The third kappa shape index (κ3) is 5.88. The molecule has 1 fully saturated rings. The quantitative estimate of drug-likeness (QED) is 0.606. The Labute approximate surface area is 195 Å². The van der Waals surface area contributed by atoms with Gasteiger partial charge in [-0.2, -0.15) is 0 Å². The molecule has 3 rings (SSSR count). The number of hydrogen-bond donors (Lipinski definition) is 1. The minimum Gasteiger partial charge on any atom is -0.352 e. The molecule has 1 heterocycles. The highest BCUT2D eigenvalue weighted by Gasteiger charge is 2.32. The Balaban J connectivity index is 1.57. The number of nitrogens with one attached hydrogen (secondary N) is 1. The molecule has 0 aliphatic carbocycles. The second-order valence-electron chi connectivity index (χ2n) is 8.16. The van der Waals surface area contributed by atoms with E-state index < -0.39 is 21.6 Å². The summed E-state index contributed by atoms with van der Waals surface area (Å²) in [6.07, 6.45) is 2.71. The summed E-state index contributed by atoms with van der Waals surface area (Å²) in [5.74, 6) is -1.40. The normalized spacial score (nSPS) is 15.6. The molecule has 0 radical (unpaired) electrons. The van der Waals surface area contributed by atoms with Gasteiger partial charge in [-0.05, 0) is 54.5 Å². The first-order chi connectivity index (χ1) is 15.2. The lowest BCUT2D eigenvalue weighted by Crippen LogP contribution is -2.43. The summed E-state index contributed by atoms with van der Waals surface area (Å²) in [6.45, 7) is 5.14. The topological polar surface area (TPSA) is 66.5 Å². The smallest absolute Gasteiger partial charge is 0.223 e. The van der Waals surface area contributed by atoms with Gasteiger partial charge in [-0.25, -0.2) is 17.1 Å². The van der Waals surface area contributed by atoms with Gasteiger partial charge in [0, 0.05) is 36.1 Å². The lowest BCUT2D eigenvalue weighted by Gasteiger charge is -2.30. The first kappa shape index (κ1) is 24.7. The third-order valence-corrected chi connectivity index (χ3v) is 8.28. The van der Waals surface area contributed by atoms with Crippen molar-refractivity contribution in [1.29, 1.82) is 0 Å². The molecular formula is C24H30ClFN2O3S. The minimum absolute atomic E-state index is 0.0185. The molecule has 1 aliphatic rings. The zero-order chi connectivity index (χ0) is 23.3. The van der Waals surface area contributed by atoms with Crippen molar-refractivity contribution in [1.82, 2.24) is 9.62 Å². The van der Waals surface area contributed by atoms with Gasteiger partial charge in [-0.3, -0.25) is 4.79 Å². The monoisotopic (exact) mass is 480 g/mol. The number of halogens is 2. The molecule has 174 valence electrons. The number of hydrogen-bond acceptors (Lipinski definition) is 3. The Morgan fingerprint density at radius 2 is 1.84 bits per heavy atom. The van der Waals surface area contributed by atoms with E-state index in [1.165, 1.54) is 33.6 Å². The maximum Gasteiger partial charge on any atom is 0.223 e. The van der Waals surface area contributed by atoms with Crippen LogP contribution in [0.25, 0.3) is 0 Å². The van der Waals surface area contributed by atoms with E-state index in [1.807, 2.05) is 0 Å². The first-order valence-corrected chi connectivity index (χ1v) is 13.0. The van der Waals surface area contributed by atoms with E-state index in [1.54, 1.807) is 0 Å². The van der Waals surface area contributed by atoms with E-state index in [0.29, 0.717) is 19.4 Å². The van der Waals surface area contributed by atoms with E-state index in [0.717, 1.165) is 18.4 Å². The van der Waals surface area contributed by atoms with Crippen LogP contribution in [0.1, 0.15) is 48.9 Å². The van der Waals surface area contributed by atoms with Gasteiger partial charge in [0.25, 0.3) is 0 Å². The second-order valence-corrected chi connectivity index (χ2v) is 10.5. The molecule has 0 aromatic heterocycles. The molecule has 1 saturated heterocycles. The van der Waals surface area contributed by atoms with E-state index in [9.17, 15) is 17.6 Å². The van der Waals surface area contributed by atoms with Crippen LogP contribution in [0, 0.1) is 11.7 Å². The van der Waals surface area contributed by atoms with Crippen LogP contribution in [0.2, 0.25) is 5.02 Å². The molecule has 0 saturated carbocycles. The van der Waals surface area contributed by atoms with Gasteiger partial charge in [0.2, 0.25) is 15.9 Å². The van der Waals surface area contributed by atoms with Crippen molar-refractivity contribution in [3.8, 4) is 0 Å². The number of rotatable bonds is 8. The Morgan fingerprint density at radius 1 is 1.12 bits per heavy atom. The fraction of sp³-hybridized carbons (Fsp3) is 0.458. The highest BCUT2D eigenvalue weighted by molar-refractivity contribution is 7.88. The summed E-state index contributed by atoms with van der Waals surface area (Å²) in [7, 11) is -3.73. The number of carbonyl (C=O) groups is 1. The third-order valence-electron chi connectivity index (χ3n) is 6.12. The summed E-state index contributed by atoms with van der Waals surface area (Å²) in [4.78, 5) is 12.7. The minimum atomic E-state index is -3.73. The Morgan fingerprint density at radius 3 is 2.47 bits per heavy atom. The molecule has 32 heavy (non-hydrogen) atoms. The molecule has 0 spiro atoms. The molecule has 2 aromatic rings. The second kappa shape index (κ2) is 10.8. The maximum atomic E-state index is 14.0. The maximum absolute atomic E-state index is 14.0. The van der Waals surface area contributed by atoms with Crippen molar-refractivity contribution in [2.24, 2.45) is 5.92 Å². The molecule has 8 heteroatoms. The molecular weight excluding hydrogens is 451 g/mol. The van der Waals surface area contributed by atoms with Crippen molar-refractivity contribution >= 4 is 27.5 Å². The predicted molar refractivity (Wildman–Crippen MR) is 125 cm³/mol. The summed E-state index contributed by atoms with van der Waals surface area (Å²) in [5, 5.41) is 3.13. The number of aryl methyl sites for hydroxylation is 2. The van der Waals surface area contributed by atoms with Gasteiger partial charge in [-0.1, -0.05) is 49.7 Å². The molecule has 1 amide bonds. The average molecular weight is 481 g/mol. The van der Waals surface area contributed by atoms with Crippen molar-refractivity contribution < 1.29 is 17.6 Å². The fourth-order valence-corrected chi connectivity index (χ4v) is 5.99. The number of benzene rings is 2. The molecule has 0 bridgehead atoms. The van der Waals surface area contributed by atoms with Crippen LogP contribution in [0.15, 0.2) is 36.4 Å². The van der Waals surface area contributed by atoms with Crippen LogP contribution in [0.3, 0.4) is 0 Å². The lowest BCUT2D eigenvalue weighted by molar-refractivity contribution is -0.126. The van der Waals surface area contributed by atoms with E-state index >= 15 is 0 Å². The van der Waals surface area contributed by atoms with Gasteiger partial charge in [0.05, 0.1) is 5.75 Å². The van der Waals surface area contributed by atoms with Crippen LogP contribution in [-0.4, -0.2) is 31.7 Å². The van der Waals surface area contributed by atoms with Crippen LogP contribution in [0.4, 0.5) is 4.39 Å². The van der Waals surface area contributed by atoms with Crippen molar-refractivity contribution in [2.45, 2.75) is 51.8 Å². The van der Waals surface area contributed by atoms with Gasteiger partial charge in [0.1, 0.15) is 5.82 Å². The van der Waals surface area contributed by atoms with Gasteiger partial charge < -0.3 is 5.32 Å². The number of carbonyl (C=O) groups excluding carboxylic acids is 1. The Hall–Kier alpha value is -1.96. The lowest BCUT2D eigenvalue weighted by atomic mass is 9.96. The SMILES string of the molecule is CCc1ccc(CC)c(CNC(=O)C2CCN(S(=O)(=O)Cc3c(F)cccc3Cl)CC2)c1. The molecule has 0 atom stereocenters. The fourth-order valence-electron chi connectivity index (χ4n) is 4.08. The standard InChI is InChI=1S/C24H30ClFN2O3S/c1-3-17-8-9-18(4-2)20(14-17)15-27-24(29)19-10-12-28(13-11-19)32(30,31)16-21-22(25)6-5-7-23(21)26/h5-9,14,19H,3-4,10-13,15-16H2,1-2H3,(H,27,29). The molecule has 1 aliphatic heterocycles. The van der Waals surface area contributed by atoms with Crippen molar-refractivity contribution in [2.75, 3.05) is 13.1 Å². The largest absolute Gasteiger partial charge is 0.352 e. The number of piperidine rings is 1. The van der Waals surface area contributed by atoms with Crippen molar-refractivity contribution in [3.63, 3.8) is 0 Å². The zero-order valence-corrected chi connectivity index (χ0v) is 20.1. The van der Waals surface area contributed by atoms with Crippen LogP contribution < -0.4 is 5.32 Å². The van der Waals surface area contributed by atoms with Gasteiger partial charge in [0.15, 0.2) is 0 Å². The first-order valence-electron chi connectivity index (χ1n) is 11.0. The highest BCUT2D eigenvalue weighted by atomic mass is 35.5. The Bertz CT molecular complexity index is 1050. The zero-order valence-electron chi connectivity index (χ0n) is 18.5. The number of nitrogens with zero attached hydrogens (tertiary/aromatic N) is 1. The Kier molecular flexibility index (Phi) is 8.31. The summed E-state index contributed by atoms with van der Waals surface area (Å²) < 4.78 is 40.9. The summed E-state index contributed by atoms with van der Waals surface area (Å²) in [5.41, 5.74) is 3.56. The van der Waals surface area contributed by atoms with Crippen LogP contribution >= 0.6 is 11.6 Å². The van der Waals surface area contributed by atoms with Crippen molar-refractivity contribution in [3.05, 3.63) is 69.5 Å². The summed E-state index contributed by atoms with van der Waals surface area (Å²) >= 11 is 5.99. The van der Waals surface area contributed by atoms with Gasteiger partial charge in [-0.15, -0.1) is 0 Å². The van der Waals surface area contributed by atoms with Gasteiger partial charge >= 0.3 is 0 Å². The van der Waals surface area contributed by atoms with E-state index in [-0.39, 0.29) is 35.5 Å². The molecule has 1 N–H and O–H groups in total. The molecule has 2 aromatic carbocycles. The molecule has 5 nitrogen and oxygen atoms in total. The predicted octanol–water partition coefficient (Wildman–Crippen LogP) is 4.46.